The molecular formula is C15H20FN3S. The Morgan fingerprint density at radius 1 is 1.35 bits per heavy atom. The molecule has 0 bridgehead atoms. The van der Waals surface area contributed by atoms with Crippen molar-refractivity contribution in [3.8, 4) is 0 Å². The summed E-state index contributed by atoms with van der Waals surface area (Å²) in [6, 6.07) is 6.53. The molecule has 1 aromatic carbocycles. The van der Waals surface area contributed by atoms with Gasteiger partial charge >= 0.3 is 0 Å². The second-order valence-corrected chi connectivity index (χ2v) is 6.60. The van der Waals surface area contributed by atoms with Gasteiger partial charge < -0.3 is 10.2 Å². The Morgan fingerprint density at radius 3 is 2.75 bits per heavy atom. The van der Waals surface area contributed by atoms with Crippen molar-refractivity contribution in [1.82, 2.24) is 10.3 Å². The van der Waals surface area contributed by atoms with Crippen molar-refractivity contribution in [3.05, 3.63) is 41.2 Å². The molecule has 0 saturated heterocycles. The average Bonchev–Trinajstić information content (AvgIpc) is 2.83. The van der Waals surface area contributed by atoms with Gasteiger partial charge in [-0.15, -0.1) is 11.3 Å². The predicted molar refractivity (Wildman–Crippen MR) is 83.2 cm³/mol. The monoisotopic (exact) mass is 293 g/mol. The van der Waals surface area contributed by atoms with E-state index in [0.717, 1.165) is 23.1 Å². The summed E-state index contributed by atoms with van der Waals surface area (Å²) in [5.74, 6) is -0.236. The topological polar surface area (TPSA) is 28.2 Å². The number of thiazole rings is 1. The van der Waals surface area contributed by atoms with Gasteiger partial charge in [-0.05, 0) is 39.0 Å². The number of halogens is 1. The fraction of sp³-hybridized carbons (Fsp3) is 0.400. The second-order valence-electron chi connectivity index (χ2n) is 5.76. The molecule has 2 aromatic rings. The predicted octanol–water partition coefficient (Wildman–Crippen LogP) is 3.94. The minimum Gasteiger partial charge on any atom is -0.321 e. The largest absolute Gasteiger partial charge is 0.321 e. The molecule has 0 aliphatic heterocycles. The maximum absolute atomic E-state index is 13.2. The van der Waals surface area contributed by atoms with Gasteiger partial charge in [-0.3, -0.25) is 0 Å². The third kappa shape index (κ3) is 4.02. The first-order valence-electron chi connectivity index (χ1n) is 6.54. The molecule has 0 aliphatic rings. The van der Waals surface area contributed by atoms with E-state index >= 15 is 0 Å². The molecule has 0 amide bonds. The Bertz CT molecular complexity index is 574. The van der Waals surface area contributed by atoms with Gasteiger partial charge in [0.15, 0.2) is 5.13 Å². The Hall–Kier alpha value is -1.46. The molecule has 1 aromatic heterocycles. The van der Waals surface area contributed by atoms with Crippen LogP contribution in [0, 0.1) is 5.82 Å². The van der Waals surface area contributed by atoms with Gasteiger partial charge in [0.2, 0.25) is 0 Å². The lowest BCUT2D eigenvalue weighted by Gasteiger charge is -2.19. The number of benzene rings is 1. The van der Waals surface area contributed by atoms with Crippen LogP contribution in [0.15, 0.2) is 29.6 Å². The maximum atomic E-state index is 13.2. The first-order valence-corrected chi connectivity index (χ1v) is 7.42. The summed E-state index contributed by atoms with van der Waals surface area (Å²) in [6.07, 6.45) is 0. The minimum atomic E-state index is -0.236. The van der Waals surface area contributed by atoms with E-state index < -0.39 is 0 Å². The third-order valence-corrected chi connectivity index (χ3v) is 3.79. The van der Waals surface area contributed by atoms with Crippen molar-refractivity contribution in [2.24, 2.45) is 0 Å². The zero-order chi connectivity index (χ0) is 14.8. The number of anilines is 2. The number of nitrogens with one attached hydrogen (secondary N) is 1. The Morgan fingerprint density at radius 2 is 2.10 bits per heavy atom. The quantitative estimate of drug-likeness (QED) is 0.925. The molecule has 5 heteroatoms. The highest BCUT2D eigenvalue weighted by atomic mass is 32.1. The van der Waals surface area contributed by atoms with Gasteiger partial charge in [0, 0.05) is 30.2 Å². The van der Waals surface area contributed by atoms with Crippen molar-refractivity contribution in [1.29, 1.82) is 0 Å². The molecule has 0 fully saturated rings. The number of hydrogen-bond donors (Lipinski definition) is 1. The molecule has 108 valence electrons. The lowest BCUT2D eigenvalue weighted by molar-refractivity contribution is 0.422. The summed E-state index contributed by atoms with van der Waals surface area (Å²) in [7, 11) is 1.90. The highest BCUT2D eigenvalue weighted by Gasteiger charge is 2.12. The summed E-state index contributed by atoms with van der Waals surface area (Å²) in [6.45, 7) is 7.11. The van der Waals surface area contributed by atoms with E-state index in [4.69, 9.17) is 0 Å². The molecule has 20 heavy (non-hydrogen) atoms. The van der Waals surface area contributed by atoms with Crippen molar-refractivity contribution >= 4 is 22.2 Å². The van der Waals surface area contributed by atoms with Crippen molar-refractivity contribution < 1.29 is 4.39 Å². The van der Waals surface area contributed by atoms with Crippen LogP contribution in [-0.2, 0) is 6.54 Å². The highest BCUT2D eigenvalue weighted by molar-refractivity contribution is 7.13. The Labute approximate surface area is 123 Å². The number of hydrogen-bond acceptors (Lipinski definition) is 4. The van der Waals surface area contributed by atoms with Gasteiger partial charge in [-0.2, -0.15) is 0 Å². The van der Waals surface area contributed by atoms with Gasteiger partial charge in [0.1, 0.15) is 5.82 Å². The number of nitrogens with zero attached hydrogens (tertiary/aromatic N) is 2. The van der Waals surface area contributed by atoms with Crippen LogP contribution < -0.4 is 10.2 Å². The lowest BCUT2D eigenvalue weighted by Crippen LogP contribution is -2.35. The number of rotatable bonds is 4. The van der Waals surface area contributed by atoms with Gasteiger partial charge in [-0.25, -0.2) is 9.37 Å². The van der Waals surface area contributed by atoms with E-state index in [2.05, 4.69) is 31.1 Å². The normalized spacial score (nSPS) is 11.7. The zero-order valence-electron chi connectivity index (χ0n) is 12.3. The van der Waals surface area contributed by atoms with Crippen molar-refractivity contribution in [2.45, 2.75) is 32.9 Å². The standard InChI is InChI=1S/C15H20FN3S/c1-15(2,3)17-9-12-10-20-14(18-12)19(4)13-7-5-6-11(16)8-13/h5-8,10,17H,9H2,1-4H3. The van der Waals surface area contributed by atoms with E-state index in [9.17, 15) is 4.39 Å². The molecule has 1 N–H and O–H groups in total. The molecule has 0 atom stereocenters. The number of aromatic nitrogens is 1. The van der Waals surface area contributed by atoms with Gasteiger partial charge in [-0.1, -0.05) is 6.07 Å². The summed E-state index contributed by atoms with van der Waals surface area (Å²) in [4.78, 5) is 6.48. The molecular weight excluding hydrogens is 273 g/mol. The Balaban J connectivity index is 2.08. The van der Waals surface area contributed by atoms with E-state index in [1.165, 1.54) is 12.1 Å². The Kier molecular flexibility index (Phi) is 4.40. The van der Waals surface area contributed by atoms with E-state index in [1.807, 2.05) is 23.4 Å². The lowest BCUT2D eigenvalue weighted by atomic mass is 10.1. The smallest absolute Gasteiger partial charge is 0.189 e. The molecule has 1 heterocycles. The van der Waals surface area contributed by atoms with Crippen molar-refractivity contribution in [3.63, 3.8) is 0 Å². The van der Waals surface area contributed by atoms with E-state index in [-0.39, 0.29) is 11.4 Å². The summed E-state index contributed by atoms with van der Waals surface area (Å²) >= 11 is 1.56. The molecule has 3 nitrogen and oxygen atoms in total. The molecule has 0 saturated carbocycles. The van der Waals surface area contributed by atoms with Gasteiger partial charge in [0.05, 0.1) is 5.69 Å². The SMILES string of the molecule is CN(c1cccc(F)c1)c1nc(CNC(C)(C)C)cs1. The molecule has 0 radical (unpaired) electrons. The highest BCUT2D eigenvalue weighted by Crippen LogP contribution is 2.27. The third-order valence-electron chi connectivity index (χ3n) is 2.82. The van der Waals surface area contributed by atoms with Crippen molar-refractivity contribution in [2.75, 3.05) is 11.9 Å². The van der Waals surface area contributed by atoms with Crippen LogP contribution in [-0.4, -0.2) is 17.6 Å². The first kappa shape index (κ1) is 14.9. The molecule has 0 aliphatic carbocycles. The van der Waals surface area contributed by atoms with Crippen LogP contribution >= 0.6 is 11.3 Å². The maximum Gasteiger partial charge on any atom is 0.189 e. The van der Waals surface area contributed by atoms with Crippen LogP contribution in [0.25, 0.3) is 0 Å². The summed E-state index contributed by atoms with van der Waals surface area (Å²) in [5.41, 5.74) is 1.87. The first-order chi connectivity index (χ1) is 9.35. The summed E-state index contributed by atoms with van der Waals surface area (Å²) in [5, 5.41) is 6.30. The average molecular weight is 293 g/mol. The molecule has 2 rings (SSSR count). The van der Waals surface area contributed by atoms with Gasteiger partial charge in [0.25, 0.3) is 0 Å². The summed E-state index contributed by atoms with van der Waals surface area (Å²) < 4.78 is 13.2. The van der Waals surface area contributed by atoms with E-state index in [0.29, 0.717) is 0 Å². The fourth-order valence-electron chi connectivity index (χ4n) is 1.68. The van der Waals surface area contributed by atoms with Crippen LogP contribution in [0.5, 0.6) is 0 Å². The van der Waals surface area contributed by atoms with Crippen LogP contribution in [0.4, 0.5) is 15.2 Å². The van der Waals surface area contributed by atoms with Crippen LogP contribution in [0.1, 0.15) is 26.5 Å². The molecule has 0 spiro atoms. The molecule has 0 unspecified atom stereocenters. The minimum absolute atomic E-state index is 0.0677. The zero-order valence-corrected chi connectivity index (χ0v) is 13.1. The fourth-order valence-corrected chi connectivity index (χ4v) is 2.49. The van der Waals surface area contributed by atoms with Crippen LogP contribution in [0.2, 0.25) is 0 Å². The second kappa shape index (κ2) is 5.89. The van der Waals surface area contributed by atoms with E-state index in [1.54, 1.807) is 17.4 Å². The van der Waals surface area contributed by atoms with Crippen LogP contribution in [0.3, 0.4) is 0 Å².